The molecule has 0 spiro atoms. The molecule has 0 aromatic heterocycles. The van der Waals surface area contributed by atoms with Crippen molar-refractivity contribution in [2.45, 2.75) is 6.10 Å². The zero-order chi connectivity index (χ0) is 12.5. The van der Waals surface area contributed by atoms with Crippen LogP contribution in [-0.4, -0.2) is 24.7 Å². The number of hydrogen-bond acceptors (Lipinski definition) is 4. The Morgan fingerprint density at radius 1 is 1.47 bits per heavy atom. The molecule has 90 valence electrons. The maximum Gasteiger partial charge on any atom is 0.514 e. The summed E-state index contributed by atoms with van der Waals surface area (Å²) in [4.78, 5) is 13.9. The molecule has 1 aromatic carbocycles. The largest absolute Gasteiger partial charge is 0.514 e. The van der Waals surface area contributed by atoms with Crippen molar-refractivity contribution in [3.63, 3.8) is 0 Å². The Morgan fingerprint density at radius 3 is 2.76 bits per heavy atom. The molecule has 0 N–H and O–H groups in total. The van der Waals surface area contributed by atoms with Crippen LogP contribution in [0.2, 0.25) is 0 Å². The first-order valence-electron chi connectivity index (χ1n) is 4.76. The van der Waals surface area contributed by atoms with Crippen LogP contribution in [0.25, 0.3) is 10.4 Å². The SMILES string of the molecule is [N-]=[N+]=NC[C@H](CCl)OC(=O)Oc1ccccc1. The van der Waals surface area contributed by atoms with Crippen molar-refractivity contribution in [3.05, 3.63) is 40.8 Å². The van der Waals surface area contributed by atoms with Crippen LogP contribution in [0.1, 0.15) is 0 Å². The van der Waals surface area contributed by atoms with E-state index in [9.17, 15) is 4.79 Å². The van der Waals surface area contributed by atoms with Gasteiger partial charge in [-0.15, -0.1) is 11.6 Å². The Kier molecular flexibility index (Phi) is 5.71. The van der Waals surface area contributed by atoms with Gasteiger partial charge in [0.15, 0.2) is 0 Å². The molecule has 0 amide bonds. The lowest BCUT2D eigenvalue weighted by atomic mass is 10.3. The van der Waals surface area contributed by atoms with Gasteiger partial charge in [-0.1, -0.05) is 23.3 Å². The molecule has 6 nitrogen and oxygen atoms in total. The number of ether oxygens (including phenoxy) is 2. The molecule has 0 unspecified atom stereocenters. The van der Waals surface area contributed by atoms with Gasteiger partial charge in [-0.05, 0) is 17.7 Å². The molecule has 1 aromatic rings. The highest BCUT2D eigenvalue weighted by Gasteiger charge is 2.14. The van der Waals surface area contributed by atoms with Crippen molar-refractivity contribution >= 4 is 17.8 Å². The number of benzene rings is 1. The summed E-state index contributed by atoms with van der Waals surface area (Å²) < 4.78 is 9.72. The van der Waals surface area contributed by atoms with Crippen molar-refractivity contribution in [2.24, 2.45) is 5.11 Å². The third-order valence-corrected chi connectivity index (χ3v) is 2.07. The first kappa shape index (κ1) is 13.2. The number of rotatable bonds is 5. The predicted octanol–water partition coefficient (Wildman–Crippen LogP) is 3.12. The molecule has 0 aliphatic carbocycles. The van der Waals surface area contributed by atoms with Crippen LogP contribution in [0.15, 0.2) is 35.4 Å². The number of azide groups is 1. The number of para-hydroxylation sites is 1. The molecule has 0 fully saturated rings. The van der Waals surface area contributed by atoms with Crippen LogP contribution >= 0.6 is 11.6 Å². The molecule has 0 aliphatic heterocycles. The van der Waals surface area contributed by atoms with Crippen LogP contribution in [0.5, 0.6) is 5.75 Å². The summed E-state index contributed by atoms with van der Waals surface area (Å²) in [5.41, 5.74) is 8.12. The molecule has 0 bridgehead atoms. The highest BCUT2D eigenvalue weighted by molar-refractivity contribution is 6.18. The molecule has 0 saturated heterocycles. The average molecular weight is 256 g/mol. The summed E-state index contributed by atoms with van der Waals surface area (Å²) in [5.74, 6) is 0.401. The lowest BCUT2D eigenvalue weighted by Gasteiger charge is -2.12. The molecule has 1 rings (SSSR count). The zero-order valence-electron chi connectivity index (χ0n) is 8.82. The average Bonchev–Trinajstić information content (AvgIpc) is 2.35. The zero-order valence-corrected chi connectivity index (χ0v) is 9.58. The molecular weight excluding hydrogens is 246 g/mol. The number of hydrogen-bond donors (Lipinski definition) is 0. The maximum absolute atomic E-state index is 11.3. The third-order valence-electron chi connectivity index (χ3n) is 1.73. The van der Waals surface area contributed by atoms with Gasteiger partial charge in [-0.25, -0.2) is 4.79 Å². The summed E-state index contributed by atoms with van der Waals surface area (Å²) >= 11 is 5.53. The normalized spacial score (nSPS) is 11.1. The summed E-state index contributed by atoms with van der Waals surface area (Å²) in [7, 11) is 0. The van der Waals surface area contributed by atoms with Gasteiger partial charge in [0.1, 0.15) is 11.9 Å². The lowest BCUT2D eigenvalue weighted by Crippen LogP contribution is -2.24. The minimum atomic E-state index is -0.880. The van der Waals surface area contributed by atoms with Crippen molar-refractivity contribution in [2.75, 3.05) is 12.4 Å². The molecule has 0 aliphatic rings. The minimum Gasteiger partial charge on any atom is -0.429 e. The Hall–Kier alpha value is -1.91. The topological polar surface area (TPSA) is 84.3 Å². The summed E-state index contributed by atoms with van der Waals surface area (Å²) in [6, 6.07) is 8.47. The predicted molar refractivity (Wildman–Crippen MR) is 62.1 cm³/mol. The van der Waals surface area contributed by atoms with E-state index in [4.69, 9.17) is 26.6 Å². The summed E-state index contributed by atoms with van der Waals surface area (Å²) in [6.45, 7) is -0.0239. The second-order valence-corrected chi connectivity index (χ2v) is 3.28. The quantitative estimate of drug-likeness (QED) is 0.202. The minimum absolute atomic E-state index is 0.0239. The highest BCUT2D eigenvalue weighted by Crippen LogP contribution is 2.10. The smallest absolute Gasteiger partial charge is 0.429 e. The fourth-order valence-corrected chi connectivity index (χ4v) is 1.15. The molecule has 0 heterocycles. The van der Waals surface area contributed by atoms with Crippen LogP contribution in [-0.2, 0) is 4.74 Å². The molecule has 0 saturated carbocycles. The van der Waals surface area contributed by atoms with E-state index in [1.54, 1.807) is 30.3 Å². The van der Waals surface area contributed by atoms with Gasteiger partial charge in [0.25, 0.3) is 0 Å². The van der Waals surface area contributed by atoms with Crippen molar-refractivity contribution in [3.8, 4) is 5.75 Å². The maximum atomic E-state index is 11.3. The first-order chi connectivity index (χ1) is 8.26. The van der Waals surface area contributed by atoms with Crippen LogP contribution in [0.4, 0.5) is 4.79 Å². The number of carbonyl (C=O) groups excluding carboxylic acids is 1. The van der Waals surface area contributed by atoms with E-state index in [-0.39, 0.29) is 12.4 Å². The first-order valence-corrected chi connectivity index (χ1v) is 5.30. The van der Waals surface area contributed by atoms with E-state index >= 15 is 0 Å². The van der Waals surface area contributed by atoms with E-state index in [0.29, 0.717) is 5.75 Å². The van der Waals surface area contributed by atoms with E-state index in [1.165, 1.54) is 0 Å². The van der Waals surface area contributed by atoms with Gasteiger partial charge < -0.3 is 9.47 Å². The van der Waals surface area contributed by atoms with Crippen molar-refractivity contribution in [1.82, 2.24) is 0 Å². The van der Waals surface area contributed by atoms with E-state index in [2.05, 4.69) is 10.0 Å². The van der Waals surface area contributed by atoms with Crippen LogP contribution < -0.4 is 4.74 Å². The molecule has 17 heavy (non-hydrogen) atoms. The number of halogens is 1. The molecular formula is C10H10ClN3O3. The highest BCUT2D eigenvalue weighted by atomic mass is 35.5. The van der Waals surface area contributed by atoms with Gasteiger partial charge in [-0.3, -0.25) is 0 Å². The number of carbonyl (C=O) groups is 1. The summed E-state index contributed by atoms with van der Waals surface area (Å²) in [5, 5.41) is 3.27. The van der Waals surface area contributed by atoms with E-state index in [1.807, 2.05) is 0 Å². The van der Waals surface area contributed by atoms with E-state index < -0.39 is 12.3 Å². The molecule has 1 atom stereocenters. The van der Waals surface area contributed by atoms with Crippen LogP contribution in [0, 0.1) is 0 Å². The Balaban J connectivity index is 2.45. The Labute approximate surface area is 103 Å². The Bertz CT molecular complexity index is 407. The second kappa shape index (κ2) is 7.38. The van der Waals surface area contributed by atoms with Crippen molar-refractivity contribution < 1.29 is 14.3 Å². The van der Waals surface area contributed by atoms with Gasteiger partial charge in [-0.2, -0.15) is 0 Å². The molecule has 0 radical (unpaired) electrons. The monoisotopic (exact) mass is 255 g/mol. The fourth-order valence-electron chi connectivity index (χ4n) is 0.990. The standard InChI is InChI=1S/C10H10ClN3O3/c11-6-9(7-13-14-12)17-10(15)16-8-4-2-1-3-5-8/h1-5,9H,6-7H2/t9-/m0/s1. The van der Waals surface area contributed by atoms with E-state index in [0.717, 1.165) is 0 Å². The van der Waals surface area contributed by atoms with Gasteiger partial charge in [0, 0.05) is 4.91 Å². The third kappa shape index (κ3) is 5.10. The van der Waals surface area contributed by atoms with Crippen molar-refractivity contribution in [1.29, 1.82) is 0 Å². The number of alkyl halides is 1. The van der Waals surface area contributed by atoms with Crippen LogP contribution in [0.3, 0.4) is 0 Å². The fraction of sp³-hybridized carbons (Fsp3) is 0.300. The van der Waals surface area contributed by atoms with Gasteiger partial charge >= 0.3 is 6.16 Å². The number of nitrogens with zero attached hydrogens (tertiary/aromatic N) is 3. The Morgan fingerprint density at radius 2 is 2.18 bits per heavy atom. The molecule has 7 heteroatoms. The van der Waals surface area contributed by atoms with Gasteiger partial charge in [0.2, 0.25) is 0 Å². The summed E-state index contributed by atoms with van der Waals surface area (Å²) in [6.07, 6.45) is -1.57. The van der Waals surface area contributed by atoms with Gasteiger partial charge in [0.05, 0.1) is 12.4 Å². The lowest BCUT2D eigenvalue weighted by molar-refractivity contribution is 0.0703. The second-order valence-electron chi connectivity index (χ2n) is 2.97.